The van der Waals surface area contributed by atoms with E-state index in [9.17, 15) is 4.79 Å². The summed E-state index contributed by atoms with van der Waals surface area (Å²) in [6, 6.07) is 6.85. The third-order valence-electron chi connectivity index (χ3n) is 2.12. The normalized spacial score (nSPS) is 10.5. The van der Waals surface area contributed by atoms with Crippen molar-refractivity contribution in [1.82, 2.24) is 0 Å². The zero-order valence-corrected chi connectivity index (χ0v) is 12.1. The van der Waals surface area contributed by atoms with Crippen LogP contribution in [-0.4, -0.2) is 11.1 Å². The van der Waals surface area contributed by atoms with E-state index in [-0.39, 0.29) is 4.88 Å². The third-order valence-corrected chi connectivity index (χ3v) is 4.99. The van der Waals surface area contributed by atoms with Crippen molar-refractivity contribution in [1.29, 1.82) is 0 Å². The summed E-state index contributed by atoms with van der Waals surface area (Å²) in [5.74, 6) is -0.944. The highest BCUT2D eigenvalue weighted by molar-refractivity contribution is 9.10. The summed E-state index contributed by atoms with van der Waals surface area (Å²) in [5.41, 5.74) is 0.734. The fourth-order valence-corrected chi connectivity index (χ4v) is 3.12. The third kappa shape index (κ3) is 2.50. The number of carbonyl (C=O) groups is 1. The number of aromatic carboxylic acids is 1. The van der Waals surface area contributed by atoms with Crippen LogP contribution in [-0.2, 0) is 0 Å². The smallest absolute Gasteiger partial charge is 0.345 e. The first-order chi connectivity index (χ1) is 8.00. The summed E-state index contributed by atoms with van der Waals surface area (Å²) in [7, 11) is 0. The molecule has 0 amide bonds. The van der Waals surface area contributed by atoms with E-state index >= 15 is 0 Å². The topological polar surface area (TPSA) is 37.3 Å². The van der Waals surface area contributed by atoms with E-state index in [4.69, 9.17) is 28.3 Å². The van der Waals surface area contributed by atoms with E-state index in [1.807, 2.05) is 0 Å². The van der Waals surface area contributed by atoms with Gasteiger partial charge in [0.25, 0.3) is 0 Å². The number of rotatable bonds is 2. The van der Waals surface area contributed by atoms with Crippen LogP contribution in [0.4, 0.5) is 0 Å². The standard InChI is InChI=1S/C11H5BrCl2O2S/c12-6-2-1-5(9(13)10(6)14)7-3-4-8(17-7)11(15)16/h1-4H,(H,15,16). The molecule has 0 bridgehead atoms. The van der Waals surface area contributed by atoms with E-state index in [0.29, 0.717) is 14.5 Å². The second kappa shape index (κ2) is 4.98. The predicted octanol–water partition coefficient (Wildman–Crippen LogP) is 5.18. The van der Waals surface area contributed by atoms with Crippen molar-refractivity contribution in [2.75, 3.05) is 0 Å². The van der Waals surface area contributed by atoms with Gasteiger partial charge in [-0.15, -0.1) is 11.3 Å². The van der Waals surface area contributed by atoms with Crippen LogP contribution in [0, 0.1) is 0 Å². The first-order valence-electron chi connectivity index (χ1n) is 4.47. The number of hydrogen-bond acceptors (Lipinski definition) is 2. The molecule has 0 fully saturated rings. The van der Waals surface area contributed by atoms with E-state index in [0.717, 1.165) is 21.8 Å². The molecule has 1 heterocycles. The van der Waals surface area contributed by atoms with Crippen LogP contribution in [0.5, 0.6) is 0 Å². The molecule has 0 aliphatic rings. The number of hydrogen-bond donors (Lipinski definition) is 1. The summed E-state index contributed by atoms with van der Waals surface area (Å²) in [4.78, 5) is 11.8. The molecule has 0 aliphatic heterocycles. The van der Waals surface area contributed by atoms with Crippen LogP contribution >= 0.6 is 50.5 Å². The van der Waals surface area contributed by atoms with Crippen molar-refractivity contribution >= 4 is 56.4 Å². The fraction of sp³-hybridized carbons (Fsp3) is 0. The Labute approximate surface area is 120 Å². The van der Waals surface area contributed by atoms with Crippen molar-refractivity contribution in [3.8, 4) is 10.4 Å². The van der Waals surface area contributed by atoms with Gasteiger partial charge in [-0.25, -0.2) is 4.79 Å². The summed E-state index contributed by atoms with van der Waals surface area (Å²) >= 11 is 16.6. The van der Waals surface area contributed by atoms with E-state index in [2.05, 4.69) is 15.9 Å². The van der Waals surface area contributed by atoms with Gasteiger partial charge in [0.1, 0.15) is 4.88 Å². The molecule has 2 rings (SSSR count). The number of carboxylic acid groups (broad SMARTS) is 1. The van der Waals surface area contributed by atoms with Gasteiger partial charge >= 0.3 is 5.97 Å². The first-order valence-corrected chi connectivity index (χ1v) is 6.84. The van der Waals surface area contributed by atoms with Crippen molar-refractivity contribution in [2.24, 2.45) is 0 Å². The second-order valence-electron chi connectivity index (χ2n) is 3.19. The van der Waals surface area contributed by atoms with Gasteiger partial charge in [-0.05, 0) is 34.1 Å². The van der Waals surface area contributed by atoms with Crippen LogP contribution in [0.3, 0.4) is 0 Å². The highest BCUT2D eigenvalue weighted by atomic mass is 79.9. The van der Waals surface area contributed by atoms with Crippen molar-refractivity contribution in [2.45, 2.75) is 0 Å². The van der Waals surface area contributed by atoms with E-state index < -0.39 is 5.97 Å². The summed E-state index contributed by atoms with van der Waals surface area (Å²) in [5, 5.41) is 9.70. The molecule has 1 N–H and O–H groups in total. The van der Waals surface area contributed by atoms with Gasteiger partial charge in [-0.1, -0.05) is 29.3 Å². The lowest BCUT2D eigenvalue weighted by Crippen LogP contribution is -1.89. The maximum Gasteiger partial charge on any atom is 0.345 e. The molecule has 17 heavy (non-hydrogen) atoms. The predicted molar refractivity (Wildman–Crippen MR) is 74.4 cm³/mol. The van der Waals surface area contributed by atoms with Crippen LogP contribution < -0.4 is 0 Å². The van der Waals surface area contributed by atoms with Gasteiger partial charge in [0, 0.05) is 14.9 Å². The number of benzene rings is 1. The summed E-state index contributed by atoms with van der Waals surface area (Å²) in [6.07, 6.45) is 0. The molecule has 0 radical (unpaired) electrons. The van der Waals surface area contributed by atoms with Gasteiger partial charge in [0.15, 0.2) is 0 Å². The van der Waals surface area contributed by atoms with Gasteiger partial charge in [-0.2, -0.15) is 0 Å². The molecule has 0 saturated heterocycles. The Hall–Kier alpha value is -0.550. The molecule has 0 unspecified atom stereocenters. The molecule has 2 nitrogen and oxygen atoms in total. The summed E-state index contributed by atoms with van der Waals surface area (Å²) < 4.78 is 0.711. The zero-order chi connectivity index (χ0) is 12.6. The molecule has 6 heteroatoms. The SMILES string of the molecule is O=C(O)c1ccc(-c2ccc(Br)c(Cl)c2Cl)s1. The Kier molecular flexibility index (Phi) is 3.78. The maximum atomic E-state index is 10.8. The molecule has 88 valence electrons. The fourth-order valence-electron chi connectivity index (χ4n) is 1.31. The van der Waals surface area contributed by atoms with Gasteiger partial charge in [0.05, 0.1) is 10.0 Å². The van der Waals surface area contributed by atoms with Crippen LogP contribution in [0.25, 0.3) is 10.4 Å². The molecule has 0 saturated carbocycles. The second-order valence-corrected chi connectivity index (χ2v) is 5.89. The highest BCUT2D eigenvalue weighted by Gasteiger charge is 2.13. The number of halogens is 3. The highest BCUT2D eigenvalue weighted by Crippen LogP contribution is 2.40. The average Bonchev–Trinajstić information content (AvgIpc) is 2.75. The Balaban J connectivity index is 2.53. The molecule has 1 aromatic heterocycles. The van der Waals surface area contributed by atoms with Crippen LogP contribution in [0.1, 0.15) is 9.67 Å². The molecule has 1 aromatic carbocycles. The summed E-state index contributed by atoms with van der Waals surface area (Å²) in [6.45, 7) is 0. The lowest BCUT2D eigenvalue weighted by Gasteiger charge is -2.04. The number of thiophene rings is 1. The molecule has 0 aliphatic carbocycles. The minimum Gasteiger partial charge on any atom is -0.477 e. The Morgan fingerprint density at radius 1 is 1.18 bits per heavy atom. The molecule has 0 spiro atoms. The Bertz CT molecular complexity index is 595. The molecular weight excluding hydrogens is 347 g/mol. The Morgan fingerprint density at radius 2 is 1.88 bits per heavy atom. The minimum absolute atomic E-state index is 0.273. The largest absolute Gasteiger partial charge is 0.477 e. The van der Waals surface area contributed by atoms with Gasteiger partial charge in [-0.3, -0.25) is 0 Å². The van der Waals surface area contributed by atoms with Crippen molar-refractivity contribution in [3.05, 3.63) is 43.7 Å². The van der Waals surface area contributed by atoms with Gasteiger partial charge < -0.3 is 5.11 Å². The van der Waals surface area contributed by atoms with Gasteiger partial charge in [0.2, 0.25) is 0 Å². The average molecular weight is 352 g/mol. The zero-order valence-electron chi connectivity index (χ0n) is 8.21. The monoisotopic (exact) mass is 350 g/mol. The molecule has 2 aromatic rings. The molecular formula is C11H5BrCl2O2S. The van der Waals surface area contributed by atoms with E-state index in [1.54, 1.807) is 24.3 Å². The minimum atomic E-state index is -0.944. The quantitative estimate of drug-likeness (QED) is 0.756. The van der Waals surface area contributed by atoms with Crippen molar-refractivity contribution in [3.63, 3.8) is 0 Å². The van der Waals surface area contributed by atoms with Crippen LogP contribution in [0.2, 0.25) is 10.0 Å². The number of carboxylic acids is 1. The van der Waals surface area contributed by atoms with Crippen molar-refractivity contribution < 1.29 is 9.90 Å². The maximum absolute atomic E-state index is 10.8. The lowest BCUT2D eigenvalue weighted by molar-refractivity contribution is 0.0702. The lowest BCUT2D eigenvalue weighted by atomic mass is 10.2. The van der Waals surface area contributed by atoms with E-state index in [1.165, 1.54) is 0 Å². The first kappa shape index (κ1) is 12.9. The van der Waals surface area contributed by atoms with Crippen LogP contribution in [0.15, 0.2) is 28.7 Å². The Morgan fingerprint density at radius 3 is 2.47 bits per heavy atom. The molecule has 0 atom stereocenters.